The second-order valence-electron chi connectivity index (χ2n) is 5.58. The molecule has 4 nitrogen and oxygen atoms in total. The number of piperidine rings is 1. The Balaban J connectivity index is 2.14. The number of fused-ring (bicyclic) bond motifs is 1. The van der Waals surface area contributed by atoms with Gasteiger partial charge in [-0.25, -0.2) is 0 Å². The lowest BCUT2D eigenvalue weighted by atomic mass is 10.0. The average Bonchev–Trinajstić information content (AvgIpc) is 2.55. The van der Waals surface area contributed by atoms with Crippen molar-refractivity contribution >= 4 is 34.5 Å². The third kappa shape index (κ3) is 2.81. The van der Waals surface area contributed by atoms with E-state index in [1.54, 1.807) is 13.3 Å². The molecule has 1 fully saturated rings. The van der Waals surface area contributed by atoms with Crippen molar-refractivity contribution in [1.29, 1.82) is 0 Å². The predicted octanol–water partition coefficient (Wildman–Crippen LogP) is 3.24. The normalized spacial score (nSPS) is 18.6. The molecule has 0 bridgehead atoms. The van der Waals surface area contributed by atoms with E-state index in [2.05, 4.69) is 9.88 Å². The number of ether oxygens (including phenoxy) is 1. The van der Waals surface area contributed by atoms with E-state index in [1.807, 2.05) is 18.2 Å². The molecule has 0 N–H and O–H groups in total. The molecular formula is C17H19ClN2O2. The molecule has 2 heterocycles. The number of rotatable bonds is 4. The number of benzene rings is 1. The van der Waals surface area contributed by atoms with Gasteiger partial charge in [0.15, 0.2) is 0 Å². The number of nitrogens with zero attached hydrogens (tertiary/aromatic N) is 2. The molecule has 1 atom stereocenters. The molecule has 1 aliphatic heterocycles. The first-order valence-electron chi connectivity index (χ1n) is 7.52. The number of carbonyl (C=O) groups excluding carboxylic acids is 1. The van der Waals surface area contributed by atoms with Crippen LogP contribution in [0, 0.1) is 0 Å². The van der Waals surface area contributed by atoms with E-state index >= 15 is 0 Å². The summed E-state index contributed by atoms with van der Waals surface area (Å²) >= 11 is 6.37. The molecule has 0 radical (unpaired) electrons. The maximum Gasteiger partial charge on any atom is 0.124 e. The average molecular weight is 319 g/mol. The zero-order chi connectivity index (χ0) is 15.5. The van der Waals surface area contributed by atoms with Gasteiger partial charge in [0.1, 0.15) is 6.29 Å². The second kappa shape index (κ2) is 6.63. The number of hydrogen-bond acceptors (Lipinski definition) is 4. The summed E-state index contributed by atoms with van der Waals surface area (Å²) in [5.41, 5.74) is 2.82. The maximum absolute atomic E-state index is 11.1. The van der Waals surface area contributed by atoms with Gasteiger partial charge in [-0.15, -0.1) is 0 Å². The van der Waals surface area contributed by atoms with E-state index in [0.717, 1.165) is 54.4 Å². The van der Waals surface area contributed by atoms with E-state index in [9.17, 15) is 4.79 Å². The third-order valence-corrected chi connectivity index (χ3v) is 4.54. The predicted molar refractivity (Wildman–Crippen MR) is 88.8 cm³/mol. The van der Waals surface area contributed by atoms with Crippen LogP contribution in [0.3, 0.4) is 0 Å². The number of aldehydes is 1. The summed E-state index contributed by atoms with van der Waals surface area (Å²) in [6.07, 6.45) is 5.37. The molecule has 0 spiro atoms. The first kappa shape index (κ1) is 15.3. The van der Waals surface area contributed by atoms with Crippen LogP contribution >= 0.6 is 11.6 Å². The summed E-state index contributed by atoms with van der Waals surface area (Å²) < 4.78 is 5.52. The Morgan fingerprint density at radius 3 is 3.18 bits per heavy atom. The van der Waals surface area contributed by atoms with Gasteiger partial charge in [-0.05, 0) is 36.6 Å². The highest BCUT2D eigenvalue weighted by Gasteiger charge is 2.24. The Labute approximate surface area is 135 Å². The fourth-order valence-electron chi connectivity index (χ4n) is 3.17. The van der Waals surface area contributed by atoms with E-state index in [-0.39, 0.29) is 6.10 Å². The molecule has 22 heavy (non-hydrogen) atoms. The fourth-order valence-corrected chi connectivity index (χ4v) is 3.45. The lowest BCUT2D eigenvalue weighted by Crippen LogP contribution is -2.40. The number of methoxy groups -OCH3 is 1. The lowest BCUT2D eigenvalue weighted by molar-refractivity contribution is -0.107. The third-order valence-electron chi connectivity index (χ3n) is 4.23. The highest BCUT2D eigenvalue weighted by atomic mass is 35.5. The minimum atomic E-state index is 0.215. The fraction of sp³-hybridized carbons (Fsp3) is 0.412. The maximum atomic E-state index is 11.1. The van der Waals surface area contributed by atoms with E-state index < -0.39 is 0 Å². The van der Waals surface area contributed by atoms with E-state index in [4.69, 9.17) is 16.3 Å². The van der Waals surface area contributed by atoms with Crippen molar-refractivity contribution < 1.29 is 9.53 Å². The van der Waals surface area contributed by atoms with Gasteiger partial charge >= 0.3 is 0 Å². The van der Waals surface area contributed by atoms with Gasteiger partial charge in [0, 0.05) is 38.2 Å². The van der Waals surface area contributed by atoms with Gasteiger partial charge in [-0.3, -0.25) is 4.98 Å². The Kier molecular flexibility index (Phi) is 4.60. The Bertz CT molecular complexity index is 690. The SMILES string of the molecule is COC1CCCN(c2c(CC=O)cc(Cl)c3cccnc23)C1. The molecule has 0 amide bonds. The molecule has 0 aliphatic carbocycles. The van der Waals surface area contributed by atoms with Crippen LogP contribution in [-0.2, 0) is 16.0 Å². The molecule has 3 rings (SSSR count). The second-order valence-corrected chi connectivity index (χ2v) is 5.99. The van der Waals surface area contributed by atoms with Crippen LogP contribution in [0.25, 0.3) is 10.9 Å². The van der Waals surface area contributed by atoms with Gasteiger partial charge in [-0.1, -0.05) is 11.6 Å². The number of halogens is 1. The zero-order valence-electron chi connectivity index (χ0n) is 12.6. The van der Waals surface area contributed by atoms with Crippen molar-refractivity contribution in [3.05, 3.63) is 35.0 Å². The van der Waals surface area contributed by atoms with Gasteiger partial charge < -0.3 is 14.4 Å². The molecule has 1 aromatic carbocycles. The van der Waals surface area contributed by atoms with Crippen molar-refractivity contribution in [2.24, 2.45) is 0 Å². The van der Waals surface area contributed by atoms with Gasteiger partial charge in [0.2, 0.25) is 0 Å². The molecule has 5 heteroatoms. The van der Waals surface area contributed by atoms with Crippen molar-refractivity contribution in [2.75, 3.05) is 25.1 Å². The molecule has 2 aromatic rings. The summed E-state index contributed by atoms with van der Waals surface area (Å²) in [7, 11) is 1.75. The van der Waals surface area contributed by atoms with Gasteiger partial charge in [0.25, 0.3) is 0 Å². The van der Waals surface area contributed by atoms with E-state index in [0.29, 0.717) is 11.4 Å². The highest BCUT2D eigenvalue weighted by molar-refractivity contribution is 6.36. The largest absolute Gasteiger partial charge is 0.380 e. The van der Waals surface area contributed by atoms with Crippen molar-refractivity contribution in [3.63, 3.8) is 0 Å². The molecule has 0 saturated carbocycles. The lowest BCUT2D eigenvalue weighted by Gasteiger charge is -2.35. The molecular weight excluding hydrogens is 300 g/mol. The summed E-state index contributed by atoms with van der Waals surface area (Å²) in [6, 6.07) is 5.74. The first-order chi connectivity index (χ1) is 10.7. The van der Waals surface area contributed by atoms with Crippen molar-refractivity contribution in [1.82, 2.24) is 4.98 Å². The molecule has 1 aromatic heterocycles. The molecule has 1 unspecified atom stereocenters. The van der Waals surface area contributed by atoms with E-state index in [1.165, 1.54) is 0 Å². The number of pyridine rings is 1. The van der Waals surface area contributed by atoms with Crippen LogP contribution in [0.4, 0.5) is 5.69 Å². The molecule has 116 valence electrons. The van der Waals surface area contributed by atoms with Gasteiger partial charge in [-0.2, -0.15) is 0 Å². The van der Waals surface area contributed by atoms with Crippen LogP contribution in [0.5, 0.6) is 0 Å². The zero-order valence-corrected chi connectivity index (χ0v) is 13.3. The number of aromatic nitrogens is 1. The van der Waals surface area contributed by atoms with Crippen LogP contribution in [-0.4, -0.2) is 37.6 Å². The van der Waals surface area contributed by atoms with Crippen molar-refractivity contribution in [3.8, 4) is 0 Å². The smallest absolute Gasteiger partial charge is 0.124 e. The van der Waals surface area contributed by atoms with Crippen LogP contribution < -0.4 is 4.90 Å². The summed E-state index contributed by atoms with van der Waals surface area (Å²) in [6.45, 7) is 1.76. The van der Waals surface area contributed by atoms with Crippen LogP contribution in [0.2, 0.25) is 5.02 Å². The first-order valence-corrected chi connectivity index (χ1v) is 7.90. The number of hydrogen-bond donors (Lipinski definition) is 0. The Morgan fingerprint density at radius 1 is 1.55 bits per heavy atom. The van der Waals surface area contributed by atoms with Crippen LogP contribution in [0.1, 0.15) is 18.4 Å². The summed E-state index contributed by atoms with van der Waals surface area (Å²) in [4.78, 5) is 17.9. The monoisotopic (exact) mass is 318 g/mol. The molecule has 1 saturated heterocycles. The van der Waals surface area contributed by atoms with Crippen LogP contribution in [0.15, 0.2) is 24.4 Å². The topological polar surface area (TPSA) is 42.4 Å². The Hall–Kier alpha value is -1.65. The minimum Gasteiger partial charge on any atom is -0.380 e. The number of carbonyl (C=O) groups is 1. The number of anilines is 1. The Morgan fingerprint density at radius 2 is 2.41 bits per heavy atom. The van der Waals surface area contributed by atoms with Crippen molar-refractivity contribution in [2.45, 2.75) is 25.4 Å². The summed E-state index contributed by atoms with van der Waals surface area (Å²) in [5.74, 6) is 0. The quantitative estimate of drug-likeness (QED) is 0.812. The summed E-state index contributed by atoms with van der Waals surface area (Å²) in [5, 5.41) is 1.57. The minimum absolute atomic E-state index is 0.215. The van der Waals surface area contributed by atoms with Gasteiger partial charge in [0.05, 0.1) is 22.3 Å². The standard InChI is InChI=1S/C17H19ClN2O2/c1-22-13-4-3-8-20(11-13)17-12(6-9-21)10-15(18)14-5-2-7-19-16(14)17/h2,5,7,9-10,13H,3-4,6,8,11H2,1H3. The molecule has 1 aliphatic rings. The highest BCUT2D eigenvalue weighted by Crippen LogP contribution is 2.36.